The number of ether oxygens (including phenoxy) is 1. The fourth-order valence-corrected chi connectivity index (χ4v) is 2.54. The highest BCUT2D eigenvalue weighted by atomic mass is 16.5. The fraction of sp³-hybridized carbons (Fsp3) is 0.222. The molecule has 1 aromatic heterocycles. The molecule has 0 radical (unpaired) electrons. The highest BCUT2D eigenvalue weighted by Gasteiger charge is 2.21. The molecule has 3 aromatic rings. The second kappa shape index (κ2) is 7.67. The average Bonchev–Trinajstić information content (AvgIpc) is 3.06. The highest BCUT2D eigenvalue weighted by molar-refractivity contribution is 5.95. The van der Waals surface area contributed by atoms with E-state index < -0.39 is 6.10 Å². The molecule has 7 heteroatoms. The minimum absolute atomic E-state index is 0.221. The lowest BCUT2D eigenvalue weighted by Crippen LogP contribution is -2.23. The number of rotatable bonds is 6. The van der Waals surface area contributed by atoms with Crippen molar-refractivity contribution in [3.8, 4) is 11.4 Å². The molecule has 0 bridgehead atoms. The van der Waals surface area contributed by atoms with Gasteiger partial charge in [-0.15, -0.1) is 5.10 Å². The number of carbonyl (C=O) groups excluding carboxylic acids is 1. The Morgan fingerprint density at radius 1 is 1.20 bits per heavy atom. The van der Waals surface area contributed by atoms with E-state index >= 15 is 0 Å². The molecule has 128 valence electrons. The number of carbonyl (C=O) groups is 1. The summed E-state index contributed by atoms with van der Waals surface area (Å²) in [6, 6.07) is 16.8. The van der Waals surface area contributed by atoms with Crippen molar-refractivity contribution >= 4 is 11.6 Å². The molecule has 0 spiro atoms. The van der Waals surface area contributed by atoms with Crippen LogP contribution in [0.1, 0.15) is 18.6 Å². The maximum Gasteiger partial charge on any atom is 0.258 e. The molecule has 0 aliphatic carbocycles. The van der Waals surface area contributed by atoms with Crippen LogP contribution in [0.2, 0.25) is 0 Å². The molecule has 2 aromatic carbocycles. The molecule has 0 fully saturated rings. The minimum atomic E-state index is -0.661. The van der Waals surface area contributed by atoms with Crippen LogP contribution in [0.4, 0.5) is 5.69 Å². The van der Waals surface area contributed by atoms with E-state index in [1.54, 1.807) is 11.7 Å². The number of hydrogen-bond donors (Lipinski definition) is 1. The maximum atomic E-state index is 12.7. The van der Waals surface area contributed by atoms with Gasteiger partial charge in [-0.05, 0) is 35.0 Å². The number of aromatic nitrogens is 4. The number of amides is 1. The van der Waals surface area contributed by atoms with Crippen molar-refractivity contribution in [1.82, 2.24) is 20.2 Å². The number of aryl methyl sites for hydroxylation is 1. The summed E-state index contributed by atoms with van der Waals surface area (Å²) in [4.78, 5) is 12.7. The third-order valence-electron chi connectivity index (χ3n) is 3.68. The zero-order chi connectivity index (χ0) is 17.6. The SMILES string of the molecule is CCOC(C(=O)Nc1cccc(-c2nnnn2C)c1)c1ccccc1. The van der Waals surface area contributed by atoms with Crippen LogP contribution in [0, 0.1) is 0 Å². The Morgan fingerprint density at radius 2 is 2.00 bits per heavy atom. The summed E-state index contributed by atoms with van der Waals surface area (Å²) in [5.74, 6) is 0.404. The Bertz CT molecular complexity index is 847. The van der Waals surface area contributed by atoms with E-state index in [0.717, 1.165) is 11.1 Å². The Kier molecular flexibility index (Phi) is 5.15. The summed E-state index contributed by atoms with van der Waals surface area (Å²) < 4.78 is 7.21. The number of nitrogens with one attached hydrogen (secondary N) is 1. The van der Waals surface area contributed by atoms with Gasteiger partial charge in [0, 0.05) is 24.9 Å². The van der Waals surface area contributed by atoms with E-state index in [1.165, 1.54) is 0 Å². The molecule has 7 nitrogen and oxygen atoms in total. The summed E-state index contributed by atoms with van der Waals surface area (Å²) in [5.41, 5.74) is 2.29. The monoisotopic (exact) mass is 337 g/mol. The van der Waals surface area contributed by atoms with Crippen LogP contribution in [0.3, 0.4) is 0 Å². The first kappa shape index (κ1) is 16.8. The molecule has 0 aliphatic heterocycles. The quantitative estimate of drug-likeness (QED) is 0.747. The largest absolute Gasteiger partial charge is 0.364 e. The fourth-order valence-electron chi connectivity index (χ4n) is 2.54. The smallest absolute Gasteiger partial charge is 0.258 e. The molecule has 0 aliphatic rings. The molecule has 1 amide bonds. The van der Waals surface area contributed by atoms with Crippen LogP contribution in [0.15, 0.2) is 54.6 Å². The average molecular weight is 337 g/mol. The Labute approximate surface area is 145 Å². The van der Waals surface area contributed by atoms with Gasteiger partial charge >= 0.3 is 0 Å². The Hall–Kier alpha value is -3.06. The standard InChI is InChI=1S/C18H19N5O2/c1-3-25-16(13-8-5-4-6-9-13)18(24)19-15-11-7-10-14(12-15)17-20-21-22-23(17)2/h4-12,16H,3H2,1-2H3,(H,19,24). The van der Waals surface area contributed by atoms with Crippen molar-refractivity contribution in [3.05, 3.63) is 60.2 Å². The molecule has 1 heterocycles. The molecule has 0 saturated carbocycles. The Balaban J connectivity index is 1.81. The summed E-state index contributed by atoms with van der Waals surface area (Å²) >= 11 is 0. The lowest BCUT2D eigenvalue weighted by molar-refractivity contribution is -0.127. The van der Waals surface area contributed by atoms with Crippen molar-refractivity contribution in [1.29, 1.82) is 0 Å². The van der Waals surface area contributed by atoms with E-state index in [0.29, 0.717) is 18.1 Å². The van der Waals surface area contributed by atoms with Crippen LogP contribution in [-0.2, 0) is 16.6 Å². The predicted molar refractivity (Wildman–Crippen MR) is 93.7 cm³/mol. The summed E-state index contributed by atoms with van der Waals surface area (Å²) in [6.07, 6.45) is -0.661. The van der Waals surface area contributed by atoms with Gasteiger partial charge < -0.3 is 10.1 Å². The molecule has 0 saturated heterocycles. The van der Waals surface area contributed by atoms with Crippen LogP contribution in [-0.4, -0.2) is 32.7 Å². The number of benzene rings is 2. The first-order valence-corrected chi connectivity index (χ1v) is 7.99. The third-order valence-corrected chi connectivity index (χ3v) is 3.68. The van der Waals surface area contributed by atoms with Crippen molar-refractivity contribution < 1.29 is 9.53 Å². The van der Waals surface area contributed by atoms with Gasteiger partial charge in [0.25, 0.3) is 5.91 Å². The number of nitrogens with zero attached hydrogens (tertiary/aromatic N) is 4. The van der Waals surface area contributed by atoms with Crippen LogP contribution >= 0.6 is 0 Å². The third kappa shape index (κ3) is 3.89. The van der Waals surface area contributed by atoms with Gasteiger partial charge in [-0.25, -0.2) is 4.68 Å². The van der Waals surface area contributed by atoms with Gasteiger partial charge in [0.05, 0.1) is 0 Å². The van der Waals surface area contributed by atoms with Crippen LogP contribution in [0.25, 0.3) is 11.4 Å². The van der Waals surface area contributed by atoms with Crippen LogP contribution < -0.4 is 5.32 Å². The molecular formula is C18H19N5O2. The van der Waals surface area contributed by atoms with Gasteiger partial charge in [0.2, 0.25) is 0 Å². The van der Waals surface area contributed by atoms with E-state index in [9.17, 15) is 4.79 Å². The van der Waals surface area contributed by atoms with Gasteiger partial charge in [0.1, 0.15) is 0 Å². The molecule has 3 rings (SSSR count). The van der Waals surface area contributed by atoms with Crippen molar-refractivity contribution in [2.24, 2.45) is 7.05 Å². The molecule has 25 heavy (non-hydrogen) atoms. The molecule has 1 unspecified atom stereocenters. The molecular weight excluding hydrogens is 318 g/mol. The minimum Gasteiger partial charge on any atom is -0.364 e. The number of anilines is 1. The summed E-state index contributed by atoms with van der Waals surface area (Å²) in [5, 5.41) is 14.3. The predicted octanol–water partition coefficient (Wildman–Crippen LogP) is 2.59. The summed E-state index contributed by atoms with van der Waals surface area (Å²) in [7, 11) is 1.76. The first-order valence-electron chi connectivity index (χ1n) is 7.99. The van der Waals surface area contributed by atoms with Gasteiger partial charge in [0.15, 0.2) is 11.9 Å². The zero-order valence-corrected chi connectivity index (χ0v) is 14.1. The first-order chi connectivity index (χ1) is 12.2. The number of tetrazole rings is 1. The maximum absolute atomic E-state index is 12.7. The topological polar surface area (TPSA) is 81.9 Å². The van der Waals surface area contributed by atoms with Crippen molar-refractivity contribution in [3.63, 3.8) is 0 Å². The molecule has 1 N–H and O–H groups in total. The second-order valence-electron chi connectivity index (χ2n) is 5.44. The van der Waals surface area contributed by atoms with Crippen LogP contribution in [0.5, 0.6) is 0 Å². The number of hydrogen-bond acceptors (Lipinski definition) is 5. The Morgan fingerprint density at radius 3 is 2.68 bits per heavy atom. The van der Waals surface area contributed by atoms with E-state index in [1.807, 2.05) is 61.5 Å². The molecule has 1 atom stereocenters. The van der Waals surface area contributed by atoms with Gasteiger partial charge in [-0.2, -0.15) is 0 Å². The highest BCUT2D eigenvalue weighted by Crippen LogP contribution is 2.23. The van der Waals surface area contributed by atoms with E-state index in [2.05, 4.69) is 20.8 Å². The van der Waals surface area contributed by atoms with Gasteiger partial charge in [-0.1, -0.05) is 42.5 Å². The van der Waals surface area contributed by atoms with Gasteiger partial charge in [-0.3, -0.25) is 4.79 Å². The normalized spacial score (nSPS) is 11.9. The lowest BCUT2D eigenvalue weighted by atomic mass is 10.1. The van der Waals surface area contributed by atoms with E-state index in [4.69, 9.17) is 4.74 Å². The summed E-state index contributed by atoms with van der Waals surface area (Å²) in [6.45, 7) is 2.31. The zero-order valence-electron chi connectivity index (χ0n) is 14.1. The van der Waals surface area contributed by atoms with Crippen molar-refractivity contribution in [2.75, 3.05) is 11.9 Å². The second-order valence-corrected chi connectivity index (χ2v) is 5.44. The lowest BCUT2D eigenvalue weighted by Gasteiger charge is -2.17. The van der Waals surface area contributed by atoms with Crippen molar-refractivity contribution in [2.45, 2.75) is 13.0 Å². The van der Waals surface area contributed by atoms with E-state index in [-0.39, 0.29) is 5.91 Å².